The minimum atomic E-state index is -0.301. The number of carbonyl (C=O) groups is 2. The maximum atomic E-state index is 12.4. The van der Waals surface area contributed by atoms with Crippen LogP contribution in [0.15, 0.2) is 53.9 Å². The standard InChI is InChI=1S/C24H23N3O4S/c1-15(28)25-24-26-17(14-32-24)13-31-22(29)12-11-20-19-5-3-4-6-21(19)27-23(20)16-7-9-18(30-2)10-8-16/h3-10,14,27H,11-13H2,1-2H3,(H,25,26,28). The first kappa shape index (κ1) is 21.6. The van der Waals surface area contributed by atoms with E-state index in [0.717, 1.165) is 33.5 Å². The van der Waals surface area contributed by atoms with Crippen LogP contribution in [0, 0.1) is 0 Å². The number of nitrogens with one attached hydrogen (secondary N) is 2. The summed E-state index contributed by atoms with van der Waals surface area (Å²) in [6, 6.07) is 15.9. The quantitative estimate of drug-likeness (QED) is 0.372. The summed E-state index contributed by atoms with van der Waals surface area (Å²) in [6.07, 6.45) is 0.784. The fourth-order valence-corrected chi connectivity index (χ4v) is 4.24. The van der Waals surface area contributed by atoms with Crippen LogP contribution < -0.4 is 10.1 Å². The first-order valence-corrected chi connectivity index (χ1v) is 11.0. The van der Waals surface area contributed by atoms with Crippen LogP contribution in [0.2, 0.25) is 0 Å². The van der Waals surface area contributed by atoms with E-state index in [1.54, 1.807) is 12.5 Å². The molecule has 8 heteroatoms. The molecule has 0 aliphatic rings. The number of aromatic nitrogens is 2. The van der Waals surface area contributed by atoms with Gasteiger partial charge in [-0.3, -0.25) is 9.59 Å². The molecule has 7 nitrogen and oxygen atoms in total. The van der Waals surface area contributed by atoms with E-state index in [9.17, 15) is 9.59 Å². The molecule has 0 fully saturated rings. The number of thiazole rings is 1. The number of fused-ring (bicyclic) bond motifs is 1. The van der Waals surface area contributed by atoms with Gasteiger partial charge in [-0.2, -0.15) is 0 Å². The monoisotopic (exact) mass is 449 g/mol. The summed E-state index contributed by atoms with van der Waals surface area (Å²) in [6.45, 7) is 1.50. The Labute approximate surface area is 189 Å². The van der Waals surface area contributed by atoms with Crippen molar-refractivity contribution in [3.63, 3.8) is 0 Å². The van der Waals surface area contributed by atoms with Gasteiger partial charge in [-0.05, 0) is 47.9 Å². The molecule has 0 unspecified atom stereocenters. The lowest BCUT2D eigenvalue weighted by Gasteiger charge is -2.07. The van der Waals surface area contributed by atoms with E-state index < -0.39 is 0 Å². The Kier molecular flexibility index (Phi) is 6.51. The molecule has 2 heterocycles. The number of hydrogen-bond donors (Lipinski definition) is 2. The topological polar surface area (TPSA) is 93.3 Å². The number of hydrogen-bond acceptors (Lipinski definition) is 6. The molecule has 32 heavy (non-hydrogen) atoms. The number of aryl methyl sites for hydroxylation is 1. The van der Waals surface area contributed by atoms with Crippen molar-refractivity contribution in [3.8, 4) is 17.0 Å². The molecule has 1 amide bonds. The van der Waals surface area contributed by atoms with Gasteiger partial charge in [-0.1, -0.05) is 18.2 Å². The number of aromatic amines is 1. The zero-order chi connectivity index (χ0) is 22.5. The van der Waals surface area contributed by atoms with E-state index >= 15 is 0 Å². The number of rotatable bonds is 8. The predicted molar refractivity (Wildman–Crippen MR) is 125 cm³/mol. The Morgan fingerprint density at radius 1 is 1.12 bits per heavy atom. The largest absolute Gasteiger partial charge is 0.497 e. The van der Waals surface area contributed by atoms with E-state index in [1.807, 2.05) is 42.5 Å². The molecule has 0 radical (unpaired) electrons. The molecule has 164 valence electrons. The summed E-state index contributed by atoms with van der Waals surface area (Å²) in [4.78, 5) is 31.2. The number of esters is 1. The summed E-state index contributed by atoms with van der Waals surface area (Å²) < 4.78 is 10.7. The van der Waals surface area contributed by atoms with Gasteiger partial charge in [0.25, 0.3) is 0 Å². The van der Waals surface area contributed by atoms with Crippen LogP contribution in [-0.2, 0) is 27.4 Å². The Bertz CT molecular complexity index is 1240. The van der Waals surface area contributed by atoms with Crippen molar-refractivity contribution in [2.45, 2.75) is 26.4 Å². The molecule has 0 aliphatic carbocycles. The van der Waals surface area contributed by atoms with Crippen molar-refractivity contribution < 1.29 is 19.1 Å². The third-order valence-corrected chi connectivity index (χ3v) is 5.79. The molecule has 2 aromatic heterocycles. The second-order valence-electron chi connectivity index (χ2n) is 7.24. The van der Waals surface area contributed by atoms with E-state index in [1.165, 1.54) is 18.3 Å². The van der Waals surface area contributed by atoms with E-state index in [0.29, 0.717) is 17.2 Å². The maximum Gasteiger partial charge on any atom is 0.306 e. The predicted octanol–water partition coefficient (Wildman–Crippen LogP) is 4.93. The lowest BCUT2D eigenvalue weighted by molar-refractivity contribution is -0.145. The van der Waals surface area contributed by atoms with Gasteiger partial charge in [0.15, 0.2) is 5.13 Å². The number of nitrogens with zero attached hydrogens (tertiary/aromatic N) is 1. The van der Waals surface area contributed by atoms with Gasteiger partial charge in [-0.15, -0.1) is 11.3 Å². The molecule has 0 saturated heterocycles. The van der Waals surface area contributed by atoms with E-state index in [4.69, 9.17) is 9.47 Å². The Morgan fingerprint density at radius 2 is 1.91 bits per heavy atom. The number of carbonyl (C=O) groups excluding carboxylic acids is 2. The highest BCUT2D eigenvalue weighted by Gasteiger charge is 2.15. The zero-order valence-corrected chi connectivity index (χ0v) is 18.6. The van der Waals surface area contributed by atoms with Gasteiger partial charge in [0.1, 0.15) is 12.4 Å². The minimum absolute atomic E-state index is 0.0775. The lowest BCUT2D eigenvalue weighted by atomic mass is 10.0. The molecular formula is C24H23N3O4S. The summed E-state index contributed by atoms with van der Waals surface area (Å²) in [5.74, 6) is 0.304. The molecule has 2 N–H and O–H groups in total. The van der Waals surface area contributed by atoms with Gasteiger partial charge in [0.05, 0.1) is 12.8 Å². The fraction of sp³-hybridized carbons (Fsp3) is 0.208. The molecule has 2 aromatic carbocycles. The molecule has 0 atom stereocenters. The number of ether oxygens (including phenoxy) is 2. The Morgan fingerprint density at radius 3 is 2.66 bits per heavy atom. The van der Waals surface area contributed by atoms with E-state index in [2.05, 4.69) is 21.4 Å². The molecule has 0 bridgehead atoms. The van der Waals surface area contributed by atoms with Crippen LogP contribution in [-0.4, -0.2) is 29.0 Å². The number of methoxy groups -OCH3 is 1. The van der Waals surface area contributed by atoms with Crippen LogP contribution in [0.5, 0.6) is 5.75 Å². The number of amides is 1. The maximum absolute atomic E-state index is 12.4. The summed E-state index contributed by atoms with van der Waals surface area (Å²) in [5.41, 5.74) is 4.72. The molecule has 4 aromatic rings. The van der Waals surface area contributed by atoms with Crippen molar-refractivity contribution >= 4 is 39.2 Å². The minimum Gasteiger partial charge on any atom is -0.497 e. The molecule has 0 spiro atoms. The highest BCUT2D eigenvalue weighted by atomic mass is 32.1. The normalized spacial score (nSPS) is 10.8. The first-order valence-electron chi connectivity index (χ1n) is 10.1. The van der Waals surface area contributed by atoms with Gasteiger partial charge < -0.3 is 19.8 Å². The van der Waals surface area contributed by atoms with Crippen LogP contribution in [0.4, 0.5) is 5.13 Å². The van der Waals surface area contributed by atoms with E-state index in [-0.39, 0.29) is 24.9 Å². The average Bonchev–Trinajstić information content (AvgIpc) is 3.40. The highest BCUT2D eigenvalue weighted by molar-refractivity contribution is 7.13. The number of para-hydroxylation sites is 1. The lowest BCUT2D eigenvalue weighted by Crippen LogP contribution is -2.07. The van der Waals surface area contributed by atoms with Crippen molar-refractivity contribution in [2.75, 3.05) is 12.4 Å². The summed E-state index contributed by atoms with van der Waals surface area (Å²) >= 11 is 1.30. The molecular weight excluding hydrogens is 426 g/mol. The van der Waals surface area contributed by atoms with Crippen molar-refractivity contribution in [1.29, 1.82) is 0 Å². The smallest absolute Gasteiger partial charge is 0.306 e. The van der Waals surface area contributed by atoms with Crippen LogP contribution >= 0.6 is 11.3 Å². The van der Waals surface area contributed by atoms with Crippen LogP contribution in [0.1, 0.15) is 24.6 Å². The Balaban J connectivity index is 1.45. The van der Waals surface area contributed by atoms with Gasteiger partial charge in [-0.25, -0.2) is 4.98 Å². The molecule has 0 aliphatic heterocycles. The molecule has 4 rings (SSSR count). The average molecular weight is 450 g/mol. The Hall–Kier alpha value is -3.65. The van der Waals surface area contributed by atoms with Gasteiger partial charge in [0, 0.05) is 35.3 Å². The summed E-state index contributed by atoms with van der Waals surface area (Å²) in [7, 11) is 1.64. The van der Waals surface area contributed by atoms with Crippen molar-refractivity contribution in [1.82, 2.24) is 9.97 Å². The van der Waals surface area contributed by atoms with Gasteiger partial charge in [0.2, 0.25) is 5.91 Å². The van der Waals surface area contributed by atoms with Crippen LogP contribution in [0.3, 0.4) is 0 Å². The number of benzene rings is 2. The number of anilines is 1. The molecule has 0 saturated carbocycles. The second-order valence-corrected chi connectivity index (χ2v) is 8.10. The highest BCUT2D eigenvalue weighted by Crippen LogP contribution is 2.32. The zero-order valence-electron chi connectivity index (χ0n) is 17.8. The number of H-pyrrole nitrogens is 1. The van der Waals surface area contributed by atoms with Crippen molar-refractivity contribution in [2.24, 2.45) is 0 Å². The SMILES string of the molecule is COc1ccc(-c2[nH]c3ccccc3c2CCC(=O)OCc2csc(NC(C)=O)n2)cc1. The van der Waals surface area contributed by atoms with Crippen LogP contribution in [0.25, 0.3) is 22.2 Å². The third-order valence-electron chi connectivity index (χ3n) is 4.99. The van der Waals surface area contributed by atoms with Gasteiger partial charge >= 0.3 is 5.97 Å². The second kappa shape index (κ2) is 9.65. The third kappa shape index (κ3) is 4.97. The fourth-order valence-electron chi connectivity index (χ4n) is 3.50. The summed E-state index contributed by atoms with van der Waals surface area (Å²) in [5, 5.41) is 5.96. The first-order chi connectivity index (χ1) is 15.5. The van der Waals surface area contributed by atoms with Crippen molar-refractivity contribution in [3.05, 3.63) is 65.2 Å².